The molecular weight excluding hydrogens is 206 g/mol. The first kappa shape index (κ1) is 12.6. The van der Waals surface area contributed by atoms with Crippen LogP contribution in [0.3, 0.4) is 0 Å². The molecule has 0 heterocycles. The summed E-state index contributed by atoms with van der Waals surface area (Å²) in [4.78, 5) is 0. The van der Waals surface area contributed by atoms with Crippen LogP contribution in [0.4, 0.5) is 0 Å². The van der Waals surface area contributed by atoms with Crippen LogP contribution in [0.15, 0.2) is 18.2 Å². The molecule has 1 atom stereocenters. The van der Waals surface area contributed by atoms with E-state index in [2.05, 4.69) is 44.3 Å². The van der Waals surface area contributed by atoms with Gasteiger partial charge in [-0.15, -0.1) is 0 Å². The molecule has 1 nitrogen and oxygen atoms in total. The van der Waals surface area contributed by atoms with Crippen molar-refractivity contribution in [1.82, 2.24) is 5.32 Å². The minimum absolute atomic E-state index is 0.595. The Hall–Kier alpha value is -0.820. The van der Waals surface area contributed by atoms with E-state index in [9.17, 15) is 0 Å². The summed E-state index contributed by atoms with van der Waals surface area (Å²) < 4.78 is 0. The molecule has 1 heteroatoms. The summed E-state index contributed by atoms with van der Waals surface area (Å²) in [6.07, 6.45) is 5.14. The van der Waals surface area contributed by atoms with Crippen LogP contribution in [0.5, 0.6) is 0 Å². The Labute approximate surface area is 106 Å². The Morgan fingerprint density at radius 2 is 1.88 bits per heavy atom. The maximum absolute atomic E-state index is 3.52. The number of nitrogens with one attached hydrogen (secondary N) is 1. The highest BCUT2D eigenvalue weighted by atomic mass is 14.9. The van der Waals surface area contributed by atoms with Crippen molar-refractivity contribution in [2.24, 2.45) is 5.92 Å². The second-order valence-corrected chi connectivity index (χ2v) is 5.83. The van der Waals surface area contributed by atoms with E-state index in [4.69, 9.17) is 0 Å². The van der Waals surface area contributed by atoms with Crippen LogP contribution in [0.25, 0.3) is 0 Å². The normalized spacial score (nSPS) is 16.2. The fourth-order valence-electron chi connectivity index (χ4n) is 2.66. The average molecular weight is 231 g/mol. The van der Waals surface area contributed by atoms with E-state index in [0.29, 0.717) is 6.04 Å². The number of hydrogen-bond donors (Lipinski definition) is 1. The molecule has 1 aliphatic carbocycles. The molecule has 0 bridgehead atoms. The zero-order chi connectivity index (χ0) is 12.3. The predicted molar refractivity (Wildman–Crippen MR) is 74.5 cm³/mol. The number of fused-ring (bicyclic) bond motifs is 1. The van der Waals surface area contributed by atoms with Gasteiger partial charge in [0.05, 0.1) is 0 Å². The number of rotatable bonds is 5. The molecule has 0 saturated carbocycles. The highest BCUT2D eigenvalue weighted by molar-refractivity contribution is 5.35. The summed E-state index contributed by atoms with van der Waals surface area (Å²) >= 11 is 0. The summed E-state index contributed by atoms with van der Waals surface area (Å²) in [7, 11) is 0. The van der Waals surface area contributed by atoms with E-state index in [1.165, 1.54) is 31.2 Å². The van der Waals surface area contributed by atoms with E-state index >= 15 is 0 Å². The third kappa shape index (κ3) is 3.57. The quantitative estimate of drug-likeness (QED) is 0.819. The molecule has 2 rings (SSSR count). The molecule has 0 saturated heterocycles. The van der Waals surface area contributed by atoms with Gasteiger partial charge < -0.3 is 5.32 Å². The number of aryl methyl sites for hydroxylation is 2. The molecule has 0 amide bonds. The minimum atomic E-state index is 0.595. The lowest BCUT2D eigenvalue weighted by Gasteiger charge is -2.15. The van der Waals surface area contributed by atoms with Crippen molar-refractivity contribution >= 4 is 0 Å². The molecule has 0 spiro atoms. The van der Waals surface area contributed by atoms with Crippen molar-refractivity contribution in [3.05, 3.63) is 34.9 Å². The fourth-order valence-corrected chi connectivity index (χ4v) is 2.66. The van der Waals surface area contributed by atoms with Gasteiger partial charge in [0.2, 0.25) is 0 Å². The van der Waals surface area contributed by atoms with Crippen molar-refractivity contribution in [3.8, 4) is 0 Å². The van der Waals surface area contributed by atoms with Gasteiger partial charge in [-0.1, -0.05) is 39.0 Å². The van der Waals surface area contributed by atoms with Gasteiger partial charge in [0, 0.05) is 6.04 Å². The summed E-state index contributed by atoms with van der Waals surface area (Å²) in [6, 6.07) is 7.71. The molecule has 1 aliphatic rings. The zero-order valence-corrected chi connectivity index (χ0v) is 11.4. The molecular formula is C16H25N. The van der Waals surface area contributed by atoms with Gasteiger partial charge in [0.1, 0.15) is 0 Å². The van der Waals surface area contributed by atoms with E-state index in [1.807, 2.05) is 0 Å². The summed E-state index contributed by atoms with van der Waals surface area (Å²) in [5, 5.41) is 3.52. The smallest absolute Gasteiger partial charge is 0.00104 e. The molecule has 94 valence electrons. The predicted octanol–water partition coefficient (Wildman–Crippen LogP) is 3.35. The van der Waals surface area contributed by atoms with Gasteiger partial charge in [-0.05, 0) is 54.8 Å². The Kier molecular flexibility index (Phi) is 4.22. The van der Waals surface area contributed by atoms with Crippen molar-refractivity contribution in [2.75, 3.05) is 6.54 Å². The molecule has 0 radical (unpaired) electrons. The third-order valence-corrected chi connectivity index (χ3v) is 3.62. The van der Waals surface area contributed by atoms with Crippen LogP contribution in [0.1, 0.15) is 43.9 Å². The molecule has 1 unspecified atom stereocenters. The minimum Gasteiger partial charge on any atom is -0.314 e. The van der Waals surface area contributed by atoms with Crippen LogP contribution < -0.4 is 5.32 Å². The molecule has 1 N–H and O–H groups in total. The molecule has 0 fully saturated rings. The van der Waals surface area contributed by atoms with Crippen LogP contribution in [-0.4, -0.2) is 12.6 Å². The lowest BCUT2D eigenvalue weighted by molar-refractivity contribution is 0.476. The molecule has 1 aromatic rings. The van der Waals surface area contributed by atoms with Gasteiger partial charge in [-0.25, -0.2) is 0 Å². The van der Waals surface area contributed by atoms with E-state index in [1.54, 1.807) is 11.1 Å². The SMILES string of the molecule is CC(CNC(C)C)Cc1ccc2c(c1)CCC2. The Balaban J connectivity index is 1.90. The number of benzene rings is 1. The summed E-state index contributed by atoms with van der Waals surface area (Å²) in [5.41, 5.74) is 4.71. The van der Waals surface area contributed by atoms with E-state index < -0.39 is 0 Å². The Morgan fingerprint density at radius 3 is 2.65 bits per heavy atom. The summed E-state index contributed by atoms with van der Waals surface area (Å²) in [5.74, 6) is 0.719. The van der Waals surface area contributed by atoms with Crippen LogP contribution in [0.2, 0.25) is 0 Å². The van der Waals surface area contributed by atoms with Crippen molar-refractivity contribution in [1.29, 1.82) is 0 Å². The molecule has 17 heavy (non-hydrogen) atoms. The van der Waals surface area contributed by atoms with Crippen LogP contribution in [-0.2, 0) is 19.3 Å². The van der Waals surface area contributed by atoms with Crippen molar-refractivity contribution in [2.45, 2.75) is 52.5 Å². The number of hydrogen-bond acceptors (Lipinski definition) is 1. The maximum atomic E-state index is 3.52. The van der Waals surface area contributed by atoms with Crippen molar-refractivity contribution in [3.63, 3.8) is 0 Å². The lowest BCUT2D eigenvalue weighted by Crippen LogP contribution is -2.28. The first-order valence-electron chi connectivity index (χ1n) is 6.99. The Morgan fingerprint density at radius 1 is 1.12 bits per heavy atom. The van der Waals surface area contributed by atoms with Gasteiger partial charge in [-0.2, -0.15) is 0 Å². The molecule has 0 aromatic heterocycles. The first-order chi connectivity index (χ1) is 8.15. The molecule has 0 aliphatic heterocycles. The Bertz CT molecular complexity index is 368. The first-order valence-corrected chi connectivity index (χ1v) is 6.99. The monoisotopic (exact) mass is 231 g/mol. The van der Waals surface area contributed by atoms with Crippen LogP contribution in [0, 0.1) is 5.92 Å². The van der Waals surface area contributed by atoms with Gasteiger partial charge in [0.25, 0.3) is 0 Å². The van der Waals surface area contributed by atoms with Gasteiger partial charge in [-0.3, -0.25) is 0 Å². The fraction of sp³-hybridized carbons (Fsp3) is 0.625. The highest BCUT2D eigenvalue weighted by Gasteiger charge is 2.12. The second-order valence-electron chi connectivity index (χ2n) is 5.83. The third-order valence-electron chi connectivity index (χ3n) is 3.62. The maximum Gasteiger partial charge on any atom is 0.00104 e. The largest absolute Gasteiger partial charge is 0.314 e. The van der Waals surface area contributed by atoms with Gasteiger partial charge in [0.15, 0.2) is 0 Å². The average Bonchev–Trinajstić information content (AvgIpc) is 2.73. The van der Waals surface area contributed by atoms with Crippen molar-refractivity contribution < 1.29 is 0 Å². The van der Waals surface area contributed by atoms with Crippen LogP contribution >= 0.6 is 0 Å². The summed E-state index contributed by atoms with van der Waals surface area (Å²) in [6.45, 7) is 7.88. The highest BCUT2D eigenvalue weighted by Crippen LogP contribution is 2.23. The standard InChI is InChI=1S/C16H25N/c1-12(2)17-11-13(3)9-14-7-8-15-5-4-6-16(15)10-14/h7-8,10,12-13,17H,4-6,9,11H2,1-3H3. The second kappa shape index (κ2) is 5.68. The zero-order valence-electron chi connectivity index (χ0n) is 11.4. The van der Waals surface area contributed by atoms with E-state index in [0.717, 1.165) is 12.5 Å². The lowest BCUT2D eigenvalue weighted by atomic mass is 9.97. The van der Waals surface area contributed by atoms with Gasteiger partial charge >= 0.3 is 0 Å². The topological polar surface area (TPSA) is 12.0 Å². The van der Waals surface area contributed by atoms with E-state index in [-0.39, 0.29) is 0 Å². The molecule has 1 aromatic carbocycles.